The molecule has 10 aromatic rings. The molecule has 0 bridgehead atoms. The van der Waals surface area contributed by atoms with E-state index in [1.54, 1.807) is 0 Å². The summed E-state index contributed by atoms with van der Waals surface area (Å²) in [6, 6.07) is 54.4. The molecule has 0 N–H and O–H groups in total. The first-order valence-corrected chi connectivity index (χ1v) is 22.6. The van der Waals surface area contributed by atoms with Gasteiger partial charge in [-0.25, -0.2) is 0 Å². The molecule has 64 heavy (non-hydrogen) atoms. The van der Waals surface area contributed by atoms with Gasteiger partial charge in [0.05, 0.1) is 16.6 Å². The molecule has 3 aliphatic rings. The second-order valence-electron chi connectivity index (χ2n) is 17.6. The van der Waals surface area contributed by atoms with Crippen LogP contribution in [0.25, 0.3) is 89.1 Å². The Morgan fingerprint density at radius 2 is 1.09 bits per heavy atom. The van der Waals surface area contributed by atoms with Crippen LogP contribution < -0.4 is 0 Å². The average molecular weight is 821 g/mol. The van der Waals surface area contributed by atoms with Gasteiger partial charge in [-0.3, -0.25) is 9.97 Å². The van der Waals surface area contributed by atoms with E-state index in [4.69, 9.17) is 0 Å². The molecule has 13 rings (SSSR count). The number of nitrogens with zero attached hydrogens (tertiary/aromatic N) is 4. The van der Waals surface area contributed by atoms with Crippen LogP contribution in [-0.2, 0) is 19.3 Å². The minimum atomic E-state index is 0.431. The Bertz CT molecular complexity index is 3570. The third-order valence-electron chi connectivity index (χ3n) is 14.0. The van der Waals surface area contributed by atoms with Crippen molar-refractivity contribution in [2.45, 2.75) is 38.0 Å². The van der Waals surface area contributed by atoms with Crippen LogP contribution in [0.2, 0.25) is 0 Å². The highest BCUT2D eigenvalue weighted by molar-refractivity contribution is 6.12. The second-order valence-corrected chi connectivity index (χ2v) is 17.6. The molecule has 0 amide bonds. The lowest BCUT2D eigenvalue weighted by Gasteiger charge is -2.21. The van der Waals surface area contributed by atoms with Gasteiger partial charge in [-0.2, -0.15) is 0 Å². The Morgan fingerprint density at radius 1 is 0.453 bits per heavy atom. The van der Waals surface area contributed by atoms with E-state index >= 15 is 0 Å². The maximum atomic E-state index is 4.42. The number of pyridine rings is 2. The summed E-state index contributed by atoms with van der Waals surface area (Å²) in [7, 11) is 0. The molecule has 304 valence electrons. The minimum Gasteiger partial charge on any atom is -0.313 e. The predicted octanol–water partition coefficient (Wildman–Crippen LogP) is 14.7. The number of aryl methyl sites for hydroxylation is 2. The second kappa shape index (κ2) is 14.9. The number of aromatic nitrogens is 4. The monoisotopic (exact) mass is 820 g/mol. The minimum absolute atomic E-state index is 0.431. The van der Waals surface area contributed by atoms with Gasteiger partial charge in [0.25, 0.3) is 0 Å². The van der Waals surface area contributed by atoms with Crippen LogP contribution in [0.5, 0.6) is 0 Å². The van der Waals surface area contributed by atoms with Crippen molar-refractivity contribution in [1.82, 2.24) is 19.1 Å². The van der Waals surface area contributed by atoms with Crippen LogP contribution in [0.4, 0.5) is 0 Å². The van der Waals surface area contributed by atoms with Crippen LogP contribution >= 0.6 is 0 Å². The van der Waals surface area contributed by atoms with Gasteiger partial charge in [-0.1, -0.05) is 103 Å². The van der Waals surface area contributed by atoms with Crippen molar-refractivity contribution in [2.24, 2.45) is 0 Å². The summed E-state index contributed by atoms with van der Waals surface area (Å²) < 4.78 is 4.95. The molecule has 0 saturated heterocycles. The van der Waals surface area contributed by atoms with E-state index in [0.29, 0.717) is 5.92 Å². The van der Waals surface area contributed by atoms with Crippen LogP contribution in [-0.4, -0.2) is 19.1 Å². The van der Waals surface area contributed by atoms with Crippen molar-refractivity contribution in [3.05, 3.63) is 228 Å². The van der Waals surface area contributed by atoms with Gasteiger partial charge in [0, 0.05) is 69.5 Å². The van der Waals surface area contributed by atoms with E-state index in [2.05, 4.69) is 195 Å². The summed E-state index contributed by atoms with van der Waals surface area (Å²) in [6.07, 6.45) is 24.1. The van der Waals surface area contributed by atoms with Crippen LogP contribution in [0.15, 0.2) is 195 Å². The molecule has 0 saturated carbocycles. The molecule has 4 nitrogen and oxygen atoms in total. The first-order chi connectivity index (χ1) is 31.7. The molecule has 0 spiro atoms. The fourth-order valence-corrected chi connectivity index (χ4v) is 10.9. The fourth-order valence-electron chi connectivity index (χ4n) is 10.9. The van der Waals surface area contributed by atoms with Crippen LogP contribution in [0.1, 0.15) is 52.3 Å². The number of rotatable bonds is 6. The van der Waals surface area contributed by atoms with Crippen molar-refractivity contribution in [3.63, 3.8) is 0 Å². The molecule has 1 atom stereocenters. The molecular formula is C60H44N4. The normalized spacial score (nSPS) is 15.3. The summed E-state index contributed by atoms with van der Waals surface area (Å²) in [4.78, 5) is 8.83. The van der Waals surface area contributed by atoms with Crippen molar-refractivity contribution >= 4 is 44.4 Å². The average Bonchev–Trinajstić information content (AvgIpc) is 3.87. The van der Waals surface area contributed by atoms with E-state index in [1.165, 1.54) is 105 Å². The maximum absolute atomic E-state index is 4.42. The van der Waals surface area contributed by atoms with Gasteiger partial charge < -0.3 is 9.13 Å². The fraction of sp³-hybridized carbons (Fsp3) is 0.100. The van der Waals surface area contributed by atoms with E-state index in [-0.39, 0.29) is 0 Å². The highest BCUT2D eigenvalue weighted by Crippen LogP contribution is 2.46. The number of hydrogen-bond acceptors (Lipinski definition) is 2. The zero-order valence-corrected chi connectivity index (χ0v) is 35.5. The smallest absolute Gasteiger partial charge is 0.0547 e. The summed E-state index contributed by atoms with van der Waals surface area (Å²) in [5.74, 6) is 0.431. The van der Waals surface area contributed by atoms with E-state index in [9.17, 15) is 0 Å². The standard InChI is InChI=1S/C60H44N4/c1-3-9-39(10-4-1)41-13-7-15-43(31-41)45-19-21-57-53(33-45)55-35-47-17-18-48-36-56-54-34-46(44-16-8-14-42(32-44)40-11-5-2-6-12-40)20-22-58(54)64(50-25-29-62-30-26-50)60(56)38-52(48)51(47)37-59(55)63(57)49-23-27-61-28-24-49/h1-11,13-16,19,21,23-38,40H,12,17-18,20,22H2. The van der Waals surface area contributed by atoms with E-state index < -0.39 is 0 Å². The highest BCUT2D eigenvalue weighted by atomic mass is 15.0. The van der Waals surface area contributed by atoms with Crippen molar-refractivity contribution < 1.29 is 0 Å². The van der Waals surface area contributed by atoms with Crippen LogP contribution in [0, 0.1) is 0 Å². The number of allylic oxidation sites excluding steroid dienone is 5. The summed E-state index contributed by atoms with van der Waals surface area (Å²) in [6.45, 7) is 0. The summed E-state index contributed by atoms with van der Waals surface area (Å²) in [5, 5.41) is 3.88. The molecule has 0 radical (unpaired) electrons. The first-order valence-electron chi connectivity index (χ1n) is 22.6. The zero-order valence-electron chi connectivity index (χ0n) is 35.5. The third-order valence-corrected chi connectivity index (χ3v) is 14.0. The van der Waals surface area contributed by atoms with E-state index in [1.807, 2.05) is 24.8 Å². The molecule has 0 aliphatic heterocycles. The van der Waals surface area contributed by atoms with Crippen molar-refractivity contribution in [1.29, 1.82) is 0 Å². The SMILES string of the molecule is C1=CCC(c2cccc(C3=Cc4c(n(-c5ccncc5)c5cc6c(cc45)CCc4cc5c7cc(-c8cccc(-c9ccccc9)c8)ccc7n(-c7ccncc7)c5cc4-6)CC3)c2)C=C1. The van der Waals surface area contributed by atoms with Crippen molar-refractivity contribution in [3.8, 4) is 44.8 Å². The Kier molecular flexibility index (Phi) is 8.58. The Hall–Kier alpha value is -7.82. The van der Waals surface area contributed by atoms with Gasteiger partial charge in [0.2, 0.25) is 0 Å². The number of benzene rings is 6. The quantitative estimate of drug-likeness (QED) is 0.167. The van der Waals surface area contributed by atoms with Gasteiger partial charge in [0.15, 0.2) is 0 Å². The van der Waals surface area contributed by atoms with Gasteiger partial charge >= 0.3 is 0 Å². The Labute approximate surface area is 372 Å². The Morgan fingerprint density at radius 3 is 1.84 bits per heavy atom. The van der Waals surface area contributed by atoms with Crippen LogP contribution in [0.3, 0.4) is 0 Å². The molecule has 6 aromatic carbocycles. The molecule has 4 aromatic heterocycles. The molecule has 4 heterocycles. The topological polar surface area (TPSA) is 35.6 Å². The Balaban J connectivity index is 0.980. The van der Waals surface area contributed by atoms with Gasteiger partial charge in [-0.05, 0) is 166 Å². The number of fused-ring (bicyclic) bond motifs is 9. The molecule has 3 aliphatic carbocycles. The largest absolute Gasteiger partial charge is 0.313 e. The molecular weight excluding hydrogens is 777 g/mol. The lowest BCUT2D eigenvalue weighted by Crippen LogP contribution is -2.06. The summed E-state index contributed by atoms with van der Waals surface area (Å²) >= 11 is 0. The third kappa shape index (κ3) is 6.05. The van der Waals surface area contributed by atoms with E-state index in [0.717, 1.165) is 43.5 Å². The van der Waals surface area contributed by atoms with Gasteiger partial charge in [-0.15, -0.1) is 0 Å². The van der Waals surface area contributed by atoms with Gasteiger partial charge in [0.1, 0.15) is 0 Å². The predicted molar refractivity (Wildman–Crippen MR) is 265 cm³/mol. The van der Waals surface area contributed by atoms with Crippen molar-refractivity contribution in [2.75, 3.05) is 0 Å². The lowest BCUT2D eigenvalue weighted by molar-refractivity contribution is 0.852. The molecule has 4 heteroatoms. The maximum Gasteiger partial charge on any atom is 0.0547 e. The highest BCUT2D eigenvalue weighted by Gasteiger charge is 2.27. The zero-order chi connectivity index (χ0) is 42.1. The first kappa shape index (κ1) is 36.8. The molecule has 1 unspecified atom stereocenters. The molecule has 0 fully saturated rings. The lowest BCUT2D eigenvalue weighted by atomic mass is 9.83. The summed E-state index contributed by atoms with van der Waals surface area (Å²) in [5.41, 5.74) is 23.2. The number of hydrogen-bond donors (Lipinski definition) is 0.